The molecule has 2 saturated heterocycles. The highest BCUT2D eigenvalue weighted by molar-refractivity contribution is 5.97. The van der Waals surface area contributed by atoms with Gasteiger partial charge in [0.05, 0.1) is 25.0 Å². The van der Waals surface area contributed by atoms with E-state index >= 15 is 0 Å². The highest BCUT2D eigenvalue weighted by Crippen LogP contribution is 2.34. The zero-order valence-corrected chi connectivity index (χ0v) is 14.7. The second-order valence-corrected chi connectivity index (χ2v) is 7.12. The molecule has 2 bridgehead atoms. The molecule has 0 aliphatic carbocycles. The molecule has 0 saturated carbocycles. The Morgan fingerprint density at radius 1 is 1.20 bits per heavy atom. The number of carbonyl (C=O) groups is 1. The van der Waals surface area contributed by atoms with Crippen molar-refractivity contribution in [3.05, 3.63) is 53.9 Å². The quantitative estimate of drug-likeness (QED) is 0.786. The number of ketones is 1. The number of fused-ring (bicyclic) bond motifs is 2. The van der Waals surface area contributed by atoms with Gasteiger partial charge in [0, 0.05) is 37.3 Å². The minimum atomic E-state index is 0.0837. The number of nitrogens with zero attached hydrogens (tertiary/aromatic N) is 3. The number of ether oxygens (including phenoxy) is 1. The van der Waals surface area contributed by atoms with Gasteiger partial charge in [-0.15, -0.1) is 0 Å². The summed E-state index contributed by atoms with van der Waals surface area (Å²) in [4.78, 5) is 15.5. The molecule has 3 heterocycles. The van der Waals surface area contributed by atoms with Crippen LogP contribution in [0.2, 0.25) is 0 Å². The fraction of sp³-hybridized carbons (Fsp3) is 0.500. The van der Waals surface area contributed by atoms with Gasteiger partial charge in [-0.25, -0.2) is 0 Å². The molecule has 2 unspecified atom stereocenters. The molecule has 25 heavy (non-hydrogen) atoms. The number of piperidine rings is 1. The number of benzene rings is 1. The maximum atomic E-state index is 12.9. The van der Waals surface area contributed by atoms with Gasteiger partial charge in [0.15, 0.2) is 5.78 Å². The van der Waals surface area contributed by atoms with E-state index in [0.29, 0.717) is 12.1 Å². The number of carbonyl (C=O) groups excluding carboxylic acids is 1. The van der Waals surface area contributed by atoms with Gasteiger partial charge in [-0.1, -0.05) is 30.3 Å². The van der Waals surface area contributed by atoms with Crippen LogP contribution in [0.4, 0.5) is 0 Å². The second-order valence-electron chi connectivity index (χ2n) is 7.12. The molecule has 0 N–H and O–H groups in total. The van der Waals surface area contributed by atoms with Crippen LogP contribution in [-0.2, 0) is 17.8 Å². The number of aryl methyl sites for hydroxylation is 1. The zero-order chi connectivity index (χ0) is 17.2. The van der Waals surface area contributed by atoms with Gasteiger partial charge in [0.25, 0.3) is 0 Å². The molecule has 2 atom stereocenters. The minimum absolute atomic E-state index is 0.0837. The Hall–Kier alpha value is -1.98. The molecule has 4 rings (SSSR count). The predicted molar refractivity (Wildman–Crippen MR) is 95.3 cm³/mol. The summed E-state index contributed by atoms with van der Waals surface area (Å²) in [7, 11) is 0. The smallest absolute Gasteiger partial charge is 0.169 e. The second kappa shape index (κ2) is 7.10. The van der Waals surface area contributed by atoms with Gasteiger partial charge in [0.1, 0.15) is 0 Å². The Morgan fingerprint density at radius 3 is 2.56 bits per heavy atom. The van der Waals surface area contributed by atoms with Crippen LogP contribution < -0.4 is 0 Å². The largest absolute Gasteiger partial charge is 0.378 e. The van der Waals surface area contributed by atoms with Gasteiger partial charge in [-0.2, -0.15) is 5.10 Å². The lowest BCUT2D eigenvalue weighted by molar-refractivity contribution is -0.0872. The minimum Gasteiger partial charge on any atom is -0.378 e. The van der Waals surface area contributed by atoms with E-state index in [0.717, 1.165) is 44.7 Å². The van der Waals surface area contributed by atoms with Crippen molar-refractivity contribution in [2.75, 3.05) is 13.2 Å². The average molecular weight is 339 g/mol. The van der Waals surface area contributed by atoms with Gasteiger partial charge in [-0.05, 0) is 25.3 Å². The standard InChI is InChI=1S/C20H25N3O2/c1-2-22-12-17(10-21-22)20(24)16-8-18-13-25-14-19(9-16)23(18)11-15-6-4-3-5-7-15/h3-7,10,12,16,18-19H,2,8-9,11,13-14H2,1H3. The molecular formula is C20H25N3O2. The Kier molecular flexibility index (Phi) is 4.68. The third-order valence-corrected chi connectivity index (χ3v) is 5.49. The first kappa shape index (κ1) is 16.5. The lowest BCUT2D eigenvalue weighted by atomic mass is 9.81. The van der Waals surface area contributed by atoms with Gasteiger partial charge in [0.2, 0.25) is 0 Å². The lowest BCUT2D eigenvalue weighted by Gasteiger charge is -2.48. The Morgan fingerprint density at radius 2 is 1.92 bits per heavy atom. The monoisotopic (exact) mass is 339 g/mol. The summed E-state index contributed by atoms with van der Waals surface area (Å²) in [5, 5.41) is 4.25. The molecule has 2 aliphatic heterocycles. The molecule has 1 aromatic heterocycles. The topological polar surface area (TPSA) is 47.4 Å². The number of aromatic nitrogens is 2. The van der Waals surface area contributed by atoms with Gasteiger partial charge in [-0.3, -0.25) is 14.4 Å². The molecule has 0 amide bonds. The van der Waals surface area contributed by atoms with Crippen LogP contribution in [-0.4, -0.2) is 45.8 Å². The summed E-state index contributed by atoms with van der Waals surface area (Å²) in [6, 6.07) is 11.2. The van der Waals surface area contributed by atoms with E-state index < -0.39 is 0 Å². The van der Waals surface area contributed by atoms with Crippen LogP contribution in [0.25, 0.3) is 0 Å². The van der Waals surface area contributed by atoms with Crippen molar-refractivity contribution in [2.45, 2.75) is 44.9 Å². The third kappa shape index (κ3) is 3.39. The van der Waals surface area contributed by atoms with E-state index in [1.54, 1.807) is 6.20 Å². The van der Waals surface area contributed by atoms with Gasteiger partial charge >= 0.3 is 0 Å². The van der Waals surface area contributed by atoms with E-state index in [9.17, 15) is 4.79 Å². The summed E-state index contributed by atoms with van der Waals surface area (Å²) in [5.41, 5.74) is 2.08. The number of hydrogen-bond acceptors (Lipinski definition) is 4. The van der Waals surface area contributed by atoms with Crippen molar-refractivity contribution in [1.82, 2.24) is 14.7 Å². The highest BCUT2D eigenvalue weighted by Gasteiger charge is 2.41. The van der Waals surface area contributed by atoms with Crippen LogP contribution in [0.3, 0.4) is 0 Å². The third-order valence-electron chi connectivity index (χ3n) is 5.49. The first-order valence-electron chi connectivity index (χ1n) is 9.18. The summed E-state index contributed by atoms with van der Waals surface area (Å²) >= 11 is 0. The molecule has 5 nitrogen and oxygen atoms in total. The van der Waals surface area contributed by atoms with Crippen LogP contribution in [0.1, 0.15) is 35.7 Å². The molecule has 2 aromatic rings. The van der Waals surface area contributed by atoms with Crippen molar-refractivity contribution in [3.63, 3.8) is 0 Å². The Bertz CT molecular complexity index is 714. The summed E-state index contributed by atoms with van der Waals surface area (Å²) in [6.07, 6.45) is 5.35. The van der Waals surface area contributed by atoms with E-state index in [2.05, 4.69) is 40.3 Å². The van der Waals surface area contributed by atoms with Crippen LogP contribution in [0, 0.1) is 5.92 Å². The fourth-order valence-corrected chi connectivity index (χ4v) is 4.16. The SMILES string of the molecule is CCn1cc(C(=O)C2CC3COCC(C2)N3Cc2ccccc2)cn1. The van der Waals surface area contributed by atoms with Gasteiger partial charge < -0.3 is 4.74 Å². The number of morpholine rings is 1. The Balaban J connectivity index is 1.48. The predicted octanol–water partition coefficient (Wildman–Crippen LogP) is 2.77. The van der Waals surface area contributed by atoms with Crippen molar-refractivity contribution < 1.29 is 9.53 Å². The average Bonchev–Trinajstić information content (AvgIpc) is 3.11. The maximum absolute atomic E-state index is 12.9. The van der Waals surface area contributed by atoms with E-state index in [-0.39, 0.29) is 11.7 Å². The van der Waals surface area contributed by atoms with E-state index in [1.165, 1.54) is 5.56 Å². The first-order valence-corrected chi connectivity index (χ1v) is 9.18. The number of Topliss-reactive ketones (excluding diaryl/α,β-unsaturated/α-hetero) is 1. The summed E-state index contributed by atoms with van der Waals surface area (Å²) in [5.74, 6) is 0.330. The fourth-order valence-electron chi connectivity index (χ4n) is 4.16. The van der Waals surface area contributed by atoms with Crippen molar-refractivity contribution in [2.24, 2.45) is 5.92 Å². The highest BCUT2D eigenvalue weighted by atomic mass is 16.5. The Labute approximate surface area is 148 Å². The molecule has 2 aliphatic rings. The molecular weight excluding hydrogens is 314 g/mol. The normalized spacial score (nSPS) is 26.5. The van der Waals surface area contributed by atoms with Crippen LogP contribution >= 0.6 is 0 Å². The maximum Gasteiger partial charge on any atom is 0.169 e. The number of hydrogen-bond donors (Lipinski definition) is 0. The molecule has 0 radical (unpaired) electrons. The van der Waals surface area contributed by atoms with Crippen molar-refractivity contribution >= 4 is 5.78 Å². The molecule has 1 aromatic carbocycles. The zero-order valence-electron chi connectivity index (χ0n) is 14.7. The molecule has 132 valence electrons. The van der Waals surface area contributed by atoms with Crippen LogP contribution in [0.5, 0.6) is 0 Å². The molecule has 2 fully saturated rings. The number of rotatable bonds is 5. The molecule has 0 spiro atoms. The van der Waals surface area contributed by atoms with Crippen molar-refractivity contribution in [1.29, 1.82) is 0 Å². The summed E-state index contributed by atoms with van der Waals surface area (Å²) < 4.78 is 7.61. The lowest BCUT2D eigenvalue weighted by Crippen LogP contribution is -2.57. The first-order chi connectivity index (χ1) is 12.2. The van der Waals surface area contributed by atoms with E-state index in [4.69, 9.17) is 4.74 Å². The van der Waals surface area contributed by atoms with Crippen LogP contribution in [0.15, 0.2) is 42.7 Å². The molecule has 5 heteroatoms. The van der Waals surface area contributed by atoms with E-state index in [1.807, 2.05) is 17.8 Å². The van der Waals surface area contributed by atoms with Crippen molar-refractivity contribution in [3.8, 4) is 0 Å². The summed E-state index contributed by atoms with van der Waals surface area (Å²) in [6.45, 7) is 5.21.